The molecule has 0 radical (unpaired) electrons. The number of halogens is 1. The van der Waals surface area contributed by atoms with Crippen LogP contribution < -0.4 is 11.1 Å². The molecule has 13 atom stereocenters. The topological polar surface area (TPSA) is 237 Å². The second kappa shape index (κ2) is 49.9. The van der Waals surface area contributed by atoms with Gasteiger partial charge in [0.05, 0.1) is 58.6 Å². The molecule has 626 valence electrons. The average Bonchev–Trinajstić information content (AvgIpc) is 1.61. The van der Waals surface area contributed by atoms with Crippen LogP contribution >= 0.6 is 66.1 Å². The Morgan fingerprint density at radius 3 is 1.51 bits per heavy atom. The number of aryl methyl sites for hydroxylation is 1. The van der Waals surface area contributed by atoms with Crippen molar-refractivity contribution < 1.29 is 48.7 Å². The van der Waals surface area contributed by atoms with Crippen LogP contribution in [0.3, 0.4) is 0 Å². The van der Waals surface area contributed by atoms with E-state index in [1.54, 1.807) is 87.7 Å². The van der Waals surface area contributed by atoms with Gasteiger partial charge >= 0.3 is 11.4 Å². The fraction of sp³-hybridized carbons (Fsp3) is 0.782. The second-order valence-electron chi connectivity index (χ2n) is 36.6. The molecule has 2 aliphatic rings. The molecular weight excluding hydrogens is 1470 g/mol. The number of aliphatic hydroxyl groups excluding tert-OH is 3. The first-order valence-corrected chi connectivity index (χ1v) is 45.7. The van der Waals surface area contributed by atoms with E-state index in [1.165, 1.54) is 0 Å². The zero-order valence-electron chi connectivity index (χ0n) is 74.0. The maximum Gasteiger partial charge on any atom is 0.404 e. The highest BCUT2D eigenvalue weighted by Gasteiger charge is 2.53. The van der Waals surface area contributed by atoms with Gasteiger partial charge in [0.2, 0.25) is 5.91 Å². The second-order valence-corrected chi connectivity index (χ2v) is 42.9. The number of esters is 1. The molecule has 5 rings (SSSR count). The summed E-state index contributed by atoms with van der Waals surface area (Å²) >= 11 is 6.98. The minimum Gasteiger partial charge on any atom is -0.462 e. The van der Waals surface area contributed by atoms with E-state index in [0.29, 0.717) is 36.5 Å². The van der Waals surface area contributed by atoms with Gasteiger partial charge < -0.3 is 40.6 Å². The number of amides is 1. The third kappa shape index (κ3) is 40.5. The minimum absolute atomic E-state index is 0.0170. The number of nitrogens with zero attached hydrogens (tertiary/aromatic N) is 3. The number of nitrogens with one attached hydrogen (secondary N) is 1. The number of epoxide rings is 1. The molecule has 0 spiro atoms. The summed E-state index contributed by atoms with van der Waals surface area (Å²) in [5, 5.41) is 40.1. The average molecular weight is 1630 g/mol. The highest BCUT2D eigenvalue weighted by molar-refractivity contribution is 8.77. The van der Waals surface area contributed by atoms with Gasteiger partial charge in [-0.3, -0.25) is 14.4 Å². The molecule has 5 heterocycles. The lowest BCUT2D eigenvalue weighted by Crippen LogP contribution is -2.47. The Hall–Kier alpha value is -2.76. The van der Waals surface area contributed by atoms with Crippen molar-refractivity contribution in [2.24, 2.45) is 91.0 Å². The van der Waals surface area contributed by atoms with Gasteiger partial charge in [-0.25, -0.2) is 19.7 Å². The Kier molecular flexibility index (Phi) is 49.6. The van der Waals surface area contributed by atoms with Crippen LogP contribution in [0.15, 0.2) is 69.8 Å². The molecule has 0 aliphatic carbocycles. The van der Waals surface area contributed by atoms with Crippen LogP contribution in [-0.2, 0) is 28.6 Å². The molecule has 2 fully saturated rings. The third-order valence-corrected chi connectivity index (χ3v) is 27.7. The minimum atomic E-state index is -1.17. The van der Waals surface area contributed by atoms with Crippen LogP contribution in [0.2, 0.25) is 0 Å². The summed E-state index contributed by atoms with van der Waals surface area (Å²) in [7, 11) is 6.80. The van der Waals surface area contributed by atoms with Gasteiger partial charge in [0.1, 0.15) is 28.0 Å². The lowest BCUT2D eigenvalue weighted by molar-refractivity contribution is -0.160. The SMILES string of the molecule is C/C(=C\c1csc(C)n1)[C@@H]1CC2O[C@]2(C)CCC[C@H](C)[C@H](O)[C@@H](C)C(=O)C(C)(C)[C@@H](O)CC(=O)N1.CC.CC.C[C@H](C(O)[C@@H](C)C(C)(C)C)C(C)(C)C.C[C@H](C(OC(=O)CCCSSc1ccccn1)[C@@H](C)C(C)(C)C)C(C)(C)C.C[C@H](C(OC(=O)Cl)[C@@H](C)C(C)(C)C)C(C)(C)C.NCCSSc1ccccn1. The zero-order valence-corrected chi connectivity index (χ0v) is 78.9. The van der Waals surface area contributed by atoms with Crippen molar-refractivity contribution in [1.29, 1.82) is 0 Å². The summed E-state index contributed by atoms with van der Waals surface area (Å²) in [6, 6.07) is 11.5. The summed E-state index contributed by atoms with van der Waals surface area (Å²) in [6.45, 7) is 74.1. The van der Waals surface area contributed by atoms with E-state index < -0.39 is 29.0 Å². The molecule has 0 aromatic carbocycles. The summed E-state index contributed by atoms with van der Waals surface area (Å²) in [4.78, 5) is 62.8. The van der Waals surface area contributed by atoms with Crippen LogP contribution in [0.25, 0.3) is 6.08 Å². The van der Waals surface area contributed by atoms with E-state index in [4.69, 9.17) is 31.5 Å². The highest BCUT2D eigenvalue weighted by Crippen LogP contribution is 2.46. The number of ether oxygens (including phenoxy) is 3. The Labute approximate surface area is 684 Å². The first kappa shape index (κ1) is 107. The molecule has 21 heteroatoms. The normalized spacial score (nSPS) is 22.0. The Balaban J connectivity index is 0. The Bertz CT molecular complexity index is 2950. The number of Topliss-reactive ketones (excluding diaryl/α,β-unsaturated/α-hetero) is 1. The summed E-state index contributed by atoms with van der Waals surface area (Å²) in [5.41, 5.74) is 5.75. The molecule has 15 nitrogen and oxygen atoms in total. The van der Waals surface area contributed by atoms with Crippen molar-refractivity contribution in [2.75, 3.05) is 18.1 Å². The monoisotopic (exact) mass is 1630 g/mol. The molecule has 108 heavy (non-hydrogen) atoms. The fourth-order valence-electron chi connectivity index (χ4n) is 11.5. The number of hydrogen-bond donors (Lipinski definition) is 5. The molecule has 2 saturated heterocycles. The number of thiazole rings is 1. The molecule has 0 saturated carbocycles. The molecular formula is C87H156ClN5O10S5. The zero-order chi connectivity index (χ0) is 84.5. The number of ketones is 1. The Morgan fingerprint density at radius 2 is 1.13 bits per heavy atom. The number of carbonyl (C=O) groups excluding carboxylic acids is 4. The molecule has 3 aromatic rings. The number of aliphatic hydroxyl groups is 3. The molecule has 0 bridgehead atoms. The van der Waals surface area contributed by atoms with Crippen molar-refractivity contribution >= 4 is 95.3 Å². The number of nitrogens with two attached hydrogens (primary N) is 1. The number of fused-ring (bicyclic) bond motifs is 1. The van der Waals surface area contributed by atoms with Gasteiger partial charge in [0.25, 0.3) is 0 Å². The summed E-state index contributed by atoms with van der Waals surface area (Å²) < 4.78 is 17.5. The lowest BCUT2D eigenvalue weighted by atomic mass is 9.69. The molecule has 1 amide bonds. The van der Waals surface area contributed by atoms with Crippen LogP contribution in [0, 0.1) is 92.2 Å². The van der Waals surface area contributed by atoms with Crippen LogP contribution in [0.5, 0.6) is 0 Å². The molecule has 1 unspecified atom stereocenters. The van der Waals surface area contributed by atoms with E-state index >= 15 is 0 Å². The van der Waals surface area contributed by atoms with Crippen molar-refractivity contribution in [2.45, 2.75) is 346 Å². The van der Waals surface area contributed by atoms with E-state index in [1.807, 2.05) is 96.3 Å². The van der Waals surface area contributed by atoms with Crippen LogP contribution in [-0.4, -0.2) is 120 Å². The van der Waals surface area contributed by atoms with Gasteiger partial charge in [-0.2, -0.15) is 0 Å². The number of pyridine rings is 2. The fourth-order valence-corrected chi connectivity index (χ4v) is 15.9. The molecule has 3 aromatic heterocycles. The van der Waals surface area contributed by atoms with E-state index in [2.05, 4.69) is 193 Å². The van der Waals surface area contributed by atoms with E-state index in [0.717, 1.165) is 70.1 Å². The highest BCUT2D eigenvalue weighted by atomic mass is 35.5. The van der Waals surface area contributed by atoms with Crippen molar-refractivity contribution in [1.82, 2.24) is 20.3 Å². The van der Waals surface area contributed by atoms with Gasteiger partial charge in [-0.1, -0.05) is 262 Å². The number of aromatic nitrogens is 3. The van der Waals surface area contributed by atoms with Crippen molar-refractivity contribution in [3.05, 3.63) is 70.4 Å². The molecule has 6 N–H and O–H groups in total. The first-order valence-electron chi connectivity index (χ1n) is 39.8. The summed E-state index contributed by atoms with van der Waals surface area (Å²) in [6.07, 6.45) is 7.46. The van der Waals surface area contributed by atoms with Crippen LogP contribution in [0.1, 0.15) is 291 Å². The summed E-state index contributed by atoms with van der Waals surface area (Å²) in [5.74, 6) is 2.32. The number of hydrogen-bond acceptors (Lipinski definition) is 19. The van der Waals surface area contributed by atoms with Gasteiger partial charge in [0.15, 0.2) is 0 Å². The van der Waals surface area contributed by atoms with E-state index in [9.17, 15) is 34.5 Å². The number of rotatable bonds is 20. The smallest absolute Gasteiger partial charge is 0.404 e. The van der Waals surface area contributed by atoms with E-state index in [-0.39, 0.29) is 110 Å². The largest absolute Gasteiger partial charge is 0.462 e. The molecule has 2 aliphatic heterocycles. The van der Waals surface area contributed by atoms with Crippen molar-refractivity contribution in [3.63, 3.8) is 0 Å². The first-order chi connectivity index (χ1) is 49.4. The predicted molar refractivity (Wildman–Crippen MR) is 468 cm³/mol. The van der Waals surface area contributed by atoms with Gasteiger partial charge in [-0.15, -0.1) is 11.3 Å². The quantitative estimate of drug-likeness (QED) is 0.0232. The van der Waals surface area contributed by atoms with Gasteiger partial charge in [-0.05, 0) is 171 Å². The predicted octanol–water partition coefficient (Wildman–Crippen LogP) is 23.6. The maximum atomic E-state index is 13.2. The number of carbonyl (C=O) groups is 4. The van der Waals surface area contributed by atoms with Crippen molar-refractivity contribution in [3.8, 4) is 0 Å². The standard InChI is InChI=1S/C27H42N2O5S.C22H37NO2S2.C14H27ClO2.C13H28O.C7H10N2S2.2C2H6/c1-15-9-8-10-27(7)22(34-27)12-20(16(2)11-19-14-35-18(4)28-19)29-23(31)13-21(30)26(5,6)25(33)17(3)24(15)32;1-16(21(3,4)5)20(17(2)22(6,7)8)25-19(24)13-11-15-26-27-18-12-9-10-14-23-18;1-9(13(3,4)5)11(17-12(15)16)10(2)14(6,7)8;1-9(12(3,4)5)11(14)10(2)13(6,7)8;8-4-6-10-11-7-3-1-2-5-9-7;2*1-2/h11,14-15,17,20-22,24,30,32H,8-10,12-13H2,1-7H3,(H,29,31);9-10,12,14,16-17,20H,11,13,15H2,1-8H3;9-11H,1-8H3;9-11,14H,1-8H3;1-3,5H,4,6,8H2;2*1-2H3/b16-11+;;;;;;/t15-,17+,20-,21-,22?,24-,27+;16-,17-;2*9-,10-;;;/m0111.../s1. The Morgan fingerprint density at radius 1 is 0.704 bits per heavy atom. The lowest BCUT2D eigenvalue weighted by Gasteiger charge is -2.41. The maximum absolute atomic E-state index is 13.2. The van der Waals surface area contributed by atoms with Gasteiger partial charge in [0, 0.05) is 66.2 Å². The van der Waals surface area contributed by atoms with Crippen LogP contribution in [0.4, 0.5) is 4.79 Å². The third-order valence-electron chi connectivity index (χ3n) is 22.1.